The maximum atomic E-state index is 11.2. The Labute approximate surface area is 77.0 Å². The first kappa shape index (κ1) is 8.51. The summed E-state index contributed by atoms with van der Waals surface area (Å²) in [5.74, 6) is 0.201. The second kappa shape index (κ2) is 3.75. The van der Waals surface area contributed by atoms with Gasteiger partial charge in [-0.3, -0.25) is 4.79 Å². The second-order valence-electron chi connectivity index (χ2n) is 3.20. The van der Waals surface area contributed by atoms with E-state index in [0.717, 1.165) is 12.8 Å². The zero-order valence-electron chi connectivity index (χ0n) is 7.31. The Hall–Kier alpha value is -1.09. The number of carbonyl (C=O) groups is 1. The summed E-state index contributed by atoms with van der Waals surface area (Å²) in [6.45, 7) is 0. The van der Waals surface area contributed by atoms with E-state index >= 15 is 0 Å². The highest BCUT2D eigenvalue weighted by atomic mass is 16.7. The van der Waals surface area contributed by atoms with Gasteiger partial charge >= 0.3 is 0 Å². The molecule has 3 nitrogen and oxygen atoms in total. The molecule has 0 radical (unpaired) electrons. The summed E-state index contributed by atoms with van der Waals surface area (Å²) in [5, 5.41) is 0. The fraction of sp³-hybridized carbons (Fsp3) is 0.500. The van der Waals surface area contributed by atoms with E-state index in [1.165, 1.54) is 0 Å². The first-order valence-electron chi connectivity index (χ1n) is 4.53. The van der Waals surface area contributed by atoms with E-state index in [4.69, 9.17) is 9.47 Å². The molecule has 2 rings (SSSR count). The molecule has 0 N–H and O–H groups in total. The third-order valence-electron chi connectivity index (χ3n) is 2.22. The third-order valence-corrected chi connectivity index (χ3v) is 2.22. The Bertz CT molecular complexity index is 255. The predicted molar refractivity (Wildman–Crippen MR) is 46.9 cm³/mol. The number of hydrogen-bond donors (Lipinski definition) is 0. The number of allylic oxidation sites excluding steroid dienone is 2. The van der Waals surface area contributed by atoms with Gasteiger partial charge in [0.2, 0.25) is 6.29 Å². The molecule has 0 amide bonds. The highest BCUT2D eigenvalue weighted by Gasteiger charge is 2.27. The Kier molecular flexibility index (Phi) is 2.45. The van der Waals surface area contributed by atoms with Crippen molar-refractivity contribution in [1.29, 1.82) is 0 Å². The minimum Gasteiger partial charge on any atom is -0.469 e. The van der Waals surface area contributed by atoms with Crippen molar-refractivity contribution < 1.29 is 14.3 Å². The minimum absolute atomic E-state index is 0.201. The molecule has 2 aliphatic rings. The van der Waals surface area contributed by atoms with E-state index in [1.807, 2.05) is 6.08 Å². The van der Waals surface area contributed by atoms with Crippen LogP contribution in [0.4, 0.5) is 0 Å². The number of hydrogen-bond acceptors (Lipinski definition) is 3. The van der Waals surface area contributed by atoms with Crippen molar-refractivity contribution in [3.63, 3.8) is 0 Å². The van der Waals surface area contributed by atoms with Gasteiger partial charge in [0.05, 0.1) is 6.26 Å². The average Bonchev–Trinajstić information content (AvgIpc) is 2.54. The molecule has 1 fully saturated rings. The normalized spacial score (nSPS) is 32.2. The number of ether oxygens (including phenoxy) is 2. The first-order valence-corrected chi connectivity index (χ1v) is 4.53. The molecular weight excluding hydrogens is 168 g/mol. The van der Waals surface area contributed by atoms with Gasteiger partial charge in [0.25, 0.3) is 0 Å². The Morgan fingerprint density at radius 3 is 3.00 bits per heavy atom. The van der Waals surface area contributed by atoms with Crippen molar-refractivity contribution in [3.8, 4) is 0 Å². The van der Waals surface area contributed by atoms with Crippen LogP contribution in [0.5, 0.6) is 0 Å². The zero-order chi connectivity index (χ0) is 9.10. The van der Waals surface area contributed by atoms with Crippen LogP contribution in [0.2, 0.25) is 0 Å². The van der Waals surface area contributed by atoms with E-state index < -0.39 is 0 Å². The maximum Gasteiger partial charge on any atom is 0.219 e. The zero-order valence-corrected chi connectivity index (χ0v) is 7.31. The number of Topliss-reactive ketones (excluding diaryl/α,β-unsaturated/α-hetero) is 1. The number of ketones is 1. The topological polar surface area (TPSA) is 35.5 Å². The molecule has 3 heteroatoms. The Balaban J connectivity index is 1.87. The van der Waals surface area contributed by atoms with Gasteiger partial charge < -0.3 is 9.47 Å². The Morgan fingerprint density at radius 2 is 2.38 bits per heavy atom. The largest absolute Gasteiger partial charge is 0.469 e. The lowest BCUT2D eigenvalue weighted by Crippen LogP contribution is -2.25. The average molecular weight is 180 g/mol. The smallest absolute Gasteiger partial charge is 0.219 e. The summed E-state index contributed by atoms with van der Waals surface area (Å²) in [6.07, 6.45) is 8.81. The van der Waals surface area contributed by atoms with Crippen LogP contribution in [-0.2, 0) is 14.3 Å². The van der Waals surface area contributed by atoms with Crippen molar-refractivity contribution in [2.45, 2.75) is 31.7 Å². The molecule has 1 saturated carbocycles. The predicted octanol–water partition coefficient (Wildman–Crippen LogP) is 1.55. The molecular formula is C10H12O3. The van der Waals surface area contributed by atoms with Crippen LogP contribution < -0.4 is 0 Å². The SMILES string of the molecule is O=C1CCCC1OC1C=CC=CO1. The maximum absolute atomic E-state index is 11.2. The van der Waals surface area contributed by atoms with Crippen molar-refractivity contribution >= 4 is 5.78 Å². The van der Waals surface area contributed by atoms with E-state index in [1.54, 1.807) is 18.4 Å². The van der Waals surface area contributed by atoms with Crippen molar-refractivity contribution in [2.24, 2.45) is 0 Å². The van der Waals surface area contributed by atoms with Crippen LogP contribution in [0.25, 0.3) is 0 Å². The summed E-state index contributed by atoms with van der Waals surface area (Å²) in [7, 11) is 0. The summed E-state index contributed by atoms with van der Waals surface area (Å²) in [6, 6.07) is 0. The molecule has 1 heterocycles. The van der Waals surface area contributed by atoms with Crippen LogP contribution in [0.3, 0.4) is 0 Å². The molecule has 0 aromatic rings. The van der Waals surface area contributed by atoms with Gasteiger partial charge in [-0.15, -0.1) is 0 Å². The standard InChI is InChI=1S/C10H12O3/c11-8-4-3-5-9(8)13-10-6-1-2-7-12-10/h1-2,6-7,9-10H,3-5H2. The molecule has 0 saturated heterocycles. The lowest BCUT2D eigenvalue weighted by Gasteiger charge is -2.18. The highest BCUT2D eigenvalue weighted by molar-refractivity contribution is 5.84. The molecule has 2 atom stereocenters. The highest BCUT2D eigenvalue weighted by Crippen LogP contribution is 2.20. The lowest BCUT2D eigenvalue weighted by atomic mass is 10.3. The second-order valence-corrected chi connectivity index (χ2v) is 3.20. The molecule has 2 unspecified atom stereocenters. The van der Waals surface area contributed by atoms with E-state index in [0.29, 0.717) is 6.42 Å². The lowest BCUT2D eigenvalue weighted by molar-refractivity contribution is -0.145. The van der Waals surface area contributed by atoms with Gasteiger partial charge in [-0.1, -0.05) is 6.08 Å². The molecule has 13 heavy (non-hydrogen) atoms. The van der Waals surface area contributed by atoms with Gasteiger partial charge in [0.15, 0.2) is 5.78 Å². The fourth-order valence-electron chi connectivity index (χ4n) is 1.54. The van der Waals surface area contributed by atoms with Crippen LogP contribution >= 0.6 is 0 Å². The summed E-state index contributed by atoms with van der Waals surface area (Å²) in [4.78, 5) is 11.2. The van der Waals surface area contributed by atoms with Gasteiger partial charge in [-0.05, 0) is 25.0 Å². The van der Waals surface area contributed by atoms with E-state index in [9.17, 15) is 4.79 Å². The van der Waals surface area contributed by atoms with Crippen LogP contribution in [0, 0.1) is 0 Å². The van der Waals surface area contributed by atoms with E-state index in [-0.39, 0.29) is 18.2 Å². The quantitative estimate of drug-likeness (QED) is 0.646. The van der Waals surface area contributed by atoms with Gasteiger partial charge in [0, 0.05) is 6.42 Å². The van der Waals surface area contributed by atoms with Gasteiger partial charge in [0.1, 0.15) is 6.10 Å². The number of carbonyl (C=O) groups excluding carboxylic acids is 1. The van der Waals surface area contributed by atoms with Crippen LogP contribution in [0.15, 0.2) is 24.5 Å². The van der Waals surface area contributed by atoms with Crippen LogP contribution in [-0.4, -0.2) is 18.2 Å². The first-order chi connectivity index (χ1) is 6.36. The Morgan fingerprint density at radius 1 is 1.46 bits per heavy atom. The van der Waals surface area contributed by atoms with Crippen molar-refractivity contribution in [1.82, 2.24) is 0 Å². The van der Waals surface area contributed by atoms with Gasteiger partial charge in [-0.2, -0.15) is 0 Å². The molecule has 0 bridgehead atoms. The minimum atomic E-state index is -0.378. The number of rotatable bonds is 2. The molecule has 70 valence electrons. The third kappa shape index (κ3) is 1.98. The monoisotopic (exact) mass is 180 g/mol. The summed E-state index contributed by atoms with van der Waals surface area (Å²) >= 11 is 0. The summed E-state index contributed by atoms with van der Waals surface area (Å²) in [5.41, 5.74) is 0. The fourth-order valence-corrected chi connectivity index (χ4v) is 1.54. The molecule has 0 spiro atoms. The van der Waals surface area contributed by atoms with Gasteiger partial charge in [-0.25, -0.2) is 0 Å². The molecule has 0 aromatic heterocycles. The molecule has 1 aliphatic heterocycles. The summed E-state index contributed by atoms with van der Waals surface area (Å²) < 4.78 is 10.6. The van der Waals surface area contributed by atoms with E-state index in [2.05, 4.69) is 0 Å². The van der Waals surface area contributed by atoms with Crippen molar-refractivity contribution in [3.05, 3.63) is 24.5 Å². The molecule has 1 aliphatic carbocycles. The van der Waals surface area contributed by atoms with Crippen LogP contribution in [0.1, 0.15) is 19.3 Å². The molecule has 0 aromatic carbocycles. The van der Waals surface area contributed by atoms with Crippen molar-refractivity contribution in [2.75, 3.05) is 0 Å².